The van der Waals surface area contributed by atoms with Crippen molar-refractivity contribution in [1.82, 2.24) is 0 Å². The van der Waals surface area contributed by atoms with Crippen LogP contribution >= 0.6 is 15.9 Å². The predicted octanol–water partition coefficient (Wildman–Crippen LogP) is 11.9. The summed E-state index contributed by atoms with van der Waals surface area (Å²) in [7, 11) is 0. The number of hydrogen-bond donors (Lipinski definition) is 0. The van der Waals surface area contributed by atoms with E-state index in [4.69, 9.17) is 0 Å². The molecule has 0 atom stereocenters. The summed E-state index contributed by atoms with van der Waals surface area (Å²) in [5.41, 5.74) is 18.5. The van der Waals surface area contributed by atoms with Crippen LogP contribution in [0.25, 0.3) is 55.3 Å². The Hall–Kier alpha value is -4.72. The van der Waals surface area contributed by atoms with Crippen LogP contribution in [0.4, 0.5) is 0 Å². The molecule has 7 aromatic carbocycles. The van der Waals surface area contributed by atoms with E-state index in [1.54, 1.807) is 0 Å². The molecule has 0 N–H and O–H groups in total. The summed E-state index contributed by atoms with van der Waals surface area (Å²) in [6.45, 7) is 4.73. The normalized spacial score (nSPS) is 15.4. The van der Waals surface area contributed by atoms with Crippen molar-refractivity contribution in [2.75, 3.05) is 0 Å². The van der Waals surface area contributed by atoms with Crippen LogP contribution < -0.4 is 0 Å². The zero-order valence-electron chi connectivity index (χ0n) is 25.2. The maximum atomic E-state index is 3.73. The Bertz CT molecular complexity index is 2380. The number of rotatable bonds is 1. The molecule has 0 heterocycles. The zero-order valence-corrected chi connectivity index (χ0v) is 26.7. The highest BCUT2D eigenvalue weighted by atomic mass is 79.9. The monoisotopic (exact) mass is 636 g/mol. The fraction of sp³-hybridized carbons (Fsp3) is 0.0909. The Labute approximate surface area is 272 Å². The quantitative estimate of drug-likeness (QED) is 0.168. The summed E-state index contributed by atoms with van der Waals surface area (Å²) in [5, 5.41) is 2.57. The number of fused-ring (bicyclic) bond motifs is 14. The summed E-state index contributed by atoms with van der Waals surface area (Å²) in [6.07, 6.45) is 0. The molecule has 212 valence electrons. The molecule has 0 saturated carbocycles. The zero-order chi connectivity index (χ0) is 30.1. The van der Waals surface area contributed by atoms with Crippen LogP contribution in [0.1, 0.15) is 47.2 Å². The minimum atomic E-state index is -0.365. The molecule has 0 bridgehead atoms. The van der Waals surface area contributed by atoms with Crippen LogP contribution in [0, 0.1) is 0 Å². The number of hydrogen-bond acceptors (Lipinski definition) is 0. The molecular formula is C44H29Br. The summed E-state index contributed by atoms with van der Waals surface area (Å²) in [6, 6.07) is 52.9. The molecule has 1 spiro atoms. The lowest BCUT2D eigenvalue weighted by Gasteiger charge is -2.30. The van der Waals surface area contributed by atoms with Crippen LogP contribution in [0.3, 0.4) is 0 Å². The highest BCUT2D eigenvalue weighted by molar-refractivity contribution is 9.10. The molecule has 1 heteroatoms. The Morgan fingerprint density at radius 2 is 0.956 bits per heavy atom. The van der Waals surface area contributed by atoms with Gasteiger partial charge in [0.2, 0.25) is 0 Å². The molecule has 0 aliphatic heterocycles. The van der Waals surface area contributed by atoms with E-state index in [1.807, 2.05) is 0 Å². The molecule has 0 aromatic heterocycles. The molecule has 0 radical (unpaired) electrons. The van der Waals surface area contributed by atoms with Gasteiger partial charge in [0.05, 0.1) is 5.41 Å². The van der Waals surface area contributed by atoms with Gasteiger partial charge in [-0.15, -0.1) is 0 Å². The summed E-state index contributed by atoms with van der Waals surface area (Å²) in [5.74, 6) is 0. The molecule has 3 aliphatic carbocycles. The van der Waals surface area contributed by atoms with Crippen molar-refractivity contribution >= 4 is 26.7 Å². The van der Waals surface area contributed by atoms with Crippen LogP contribution in [0.2, 0.25) is 0 Å². The minimum Gasteiger partial charge on any atom is -0.0619 e. The van der Waals surface area contributed by atoms with Crippen LogP contribution in [0.5, 0.6) is 0 Å². The first-order chi connectivity index (χ1) is 22.0. The Morgan fingerprint density at radius 1 is 0.400 bits per heavy atom. The number of benzene rings is 7. The second-order valence-electron chi connectivity index (χ2n) is 13.4. The minimum absolute atomic E-state index is 0.0823. The van der Waals surface area contributed by atoms with Crippen molar-refractivity contribution in [3.63, 3.8) is 0 Å². The van der Waals surface area contributed by atoms with E-state index in [-0.39, 0.29) is 10.8 Å². The van der Waals surface area contributed by atoms with E-state index >= 15 is 0 Å². The molecular weight excluding hydrogens is 608 g/mol. The third-order valence-electron chi connectivity index (χ3n) is 10.9. The lowest BCUT2D eigenvalue weighted by Crippen LogP contribution is -2.25. The van der Waals surface area contributed by atoms with E-state index in [9.17, 15) is 0 Å². The Balaban J connectivity index is 1.30. The molecule has 45 heavy (non-hydrogen) atoms. The Kier molecular flexibility index (Phi) is 4.95. The molecule has 10 rings (SSSR count). The van der Waals surface area contributed by atoms with Crippen molar-refractivity contribution in [1.29, 1.82) is 0 Å². The second-order valence-corrected chi connectivity index (χ2v) is 14.3. The highest BCUT2D eigenvalue weighted by Gasteiger charge is 2.52. The third kappa shape index (κ3) is 3.12. The van der Waals surface area contributed by atoms with E-state index in [2.05, 4.69) is 169 Å². The maximum Gasteiger partial charge on any atom is 0.0725 e. The van der Waals surface area contributed by atoms with Crippen LogP contribution in [-0.4, -0.2) is 0 Å². The first-order valence-electron chi connectivity index (χ1n) is 15.8. The first-order valence-corrected chi connectivity index (χ1v) is 16.6. The van der Waals surface area contributed by atoms with E-state index in [0.29, 0.717) is 0 Å². The number of halogens is 1. The molecule has 3 aliphatic rings. The lowest BCUT2D eigenvalue weighted by atomic mass is 9.70. The topological polar surface area (TPSA) is 0 Å². The first kappa shape index (κ1) is 25.6. The molecule has 0 nitrogen and oxygen atoms in total. The van der Waals surface area contributed by atoms with Crippen molar-refractivity contribution in [3.05, 3.63) is 177 Å². The van der Waals surface area contributed by atoms with Gasteiger partial charge in [-0.1, -0.05) is 139 Å². The maximum absolute atomic E-state index is 3.73. The molecule has 0 saturated heterocycles. The van der Waals surface area contributed by atoms with Gasteiger partial charge in [-0.3, -0.25) is 0 Å². The SMILES string of the molecule is CC1(C)c2cc(Br)ccc2-c2ccc(-c3cccc4c3-c3cc5ccccc5cc3C43c4ccccc4-c4ccccc43)cc21. The molecule has 0 unspecified atom stereocenters. The average molecular weight is 638 g/mol. The summed E-state index contributed by atoms with van der Waals surface area (Å²) < 4.78 is 1.13. The van der Waals surface area contributed by atoms with Gasteiger partial charge in [0.25, 0.3) is 0 Å². The van der Waals surface area contributed by atoms with Gasteiger partial charge >= 0.3 is 0 Å². The average Bonchev–Trinajstić information content (AvgIpc) is 3.62. The molecule has 0 amide bonds. The van der Waals surface area contributed by atoms with Gasteiger partial charge in [0.15, 0.2) is 0 Å². The lowest BCUT2D eigenvalue weighted by molar-refractivity contribution is 0.660. The van der Waals surface area contributed by atoms with Gasteiger partial charge in [0, 0.05) is 9.89 Å². The highest BCUT2D eigenvalue weighted by Crippen LogP contribution is 2.64. The standard InChI is InChI=1S/C44H29Br/c1-43(2)39-24-28(18-20-33(39)34-21-19-29(45)25-40(34)43)30-14-9-17-38-42(30)35-22-26-10-3-4-11-27(26)23-41(35)44(38)36-15-7-5-12-31(36)32-13-6-8-16-37(32)44/h3-25H,1-2H3. The fourth-order valence-electron chi connectivity index (χ4n) is 8.99. The van der Waals surface area contributed by atoms with Crippen molar-refractivity contribution < 1.29 is 0 Å². The third-order valence-corrected chi connectivity index (χ3v) is 11.4. The summed E-state index contributed by atoms with van der Waals surface area (Å²) >= 11 is 3.73. The van der Waals surface area contributed by atoms with Gasteiger partial charge in [-0.2, -0.15) is 0 Å². The fourth-order valence-corrected chi connectivity index (χ4v) is 9.35. The van der Waals surface area contributed by atoms with Gasteiger partial charge in [-0.05, 0) is 119 Å². The second kappa shape index (κ2) is 8.71. The molecule has 7 aromatic rings. The van der Waals surface area contributed by atoms with Crippen molar-refractivity contribution in [2.45, 2.75) is 24.7 Å². The van der Waals surface area contributed by atoms with Crippen LogP contribution in [-0.2, 0) is 10.8 Å². The van der Waals surface area contributed by atoms with Gasteiger partial charge in [0.1, 0.15) is 0 Å². The molecule has 0 fully saturated rings. The van der Waals surface area contributed by atoms with Gasteiger partial charge < -0.3 is 0 Å². The van der Waals surface area contributed by atoms with Crippen molar-refractivity contribution in [2.24, 2.45) is 0 Å². The van der Waals surface area contributed by atoms with E-state index < -0.39 is 0 Å². The Morgan fingerprint density at radius 3 is 1.69 bits per heavy atom. The largest absolute Gasteiger partial charge is 0.0725 e. The smallest absolute Gasteiger partial charge is 0.0619 e. The van der Waals surface area contributed by atoms with Gasteiger partial charge in [-0.25, -0.2) is 0 Å². The van der Waals surface area contributed by atoms with E-state index in [0.717, 1.165) is 4.47 Å². The van der Waals surface area contributed by atoms with Crippen molar-refractivity contribution in [3.8, 4) is 44.5 Å². The predicted molar refractivity (Wildman–Crippen MR) is 191 cm³/mol. The van der Waals surface area contributed by atoms with E-state index in [1.165, 1.54) is 88.7 Å². The van der Waals surface area contributed by atoms with Crippen LogP contribution in [0.15, 0.2) is 144 Å². The summed E-state index contributed by atoms with van der Waals surface area (Å²) in [4.78, 5) is 0.